The number of rotatable bonds is 5. The van der Waals surface area contributed by atoms with E-state index in [0.717, 1.165) is 12.0 Å². The molecule has 1 N–H and O–H groups in total. The van der Waals surface area contributed by atoms with Gasteiger partial charge in [-0.1, -0.05) is 42.8 Å². The molecule has 2 aromatic carbocycles. The van der Waals surface area contributed by atoms with E-state index in [-0.39, 0.29) is 24.1 Å². The highest BCUT2D eigenvalue weighted by Gasteiger charge is 2.15. The van der Waals surface area contributed by atoms with Gasteiger partial charge < -0.3 is 5.32 Å². The fourth-order valence-corrected chi connectivity index (χ4v) is 3.00. The number of benzene rings is 2. The van der Waals surface area contributed by atoms with Crippen molar-refractivity contribution in [3.8, 4) is 0 Å². The molecular formula is C19H18ClN3O2. The first-order chi connectivity index (χ1) is 12.1. The Kier molecular flexibility index (Phi) is 5.14. The zero-order valence-corrected chi connectivity index (χ0v) is 14.5. The molecule has 25 heavy (non-hydrogen) atoms. The van der Waals surface area contributed by atoms with Crippen LogP contribution in [0.1, 0.15) is 24.9 Å². The van der Waals surface area contributed by atoms with Crippen LogP contribution >= 0.6 is 11.6 Å². The number of carbonyl (C=O) groups is 1. The summed E-state index contributed by atoms with van der Waals surface area (Å²) in [5, 5.41) is 3.60. The number of nitrogens with zero attached hydrogens (tertiary/aromatic N) is 2. The summed E-state index contributed by atoms with van der Waals surface area (Å²) >= 11 is 6.03. The molecule has 0 saturated heterocycles. The maximum Gasteiger partial charge on any atom is 0.269 e. The maximum absolute atomic E-state index is 12.5. The third-order valence-corrected chi connectivity index (χ3v) is 4.28. The van der Waals surface area contributed by atoms with Crippen LogP contribution in [0.4, 0.5) is 0 Å². The highest BCUT2D eigenvalue weighted by molar-refractivity contribution is 6.30. The molecule has 5 nitrogen and oxygen atoms in total. The molecule has 128 valence electrons. The molecule has 1 atom stereocenters. The minimum Gasteiger partial charge on any atom is -0.348 e. The van der Waals surface area contributed by atoms with Crippen LogP contribution in [0.2, 0.25) is 5.02 Å². The molecule has 0 aliphatic rings. The monoisotopic (exact) mass is 355 g/mol. The minimum absolute atomic E-state index is 0.0566. The molecule has 0 radical (unpaired) electrons. The smallest absolute Gasteiger partial charge is 0.269 e. The number of hydrogen-bond donors (Lipinski definition) is 1. The minimum atomic E-state index is -0.301. The van der Waals surface area contributed by atoms with Crippen LogP contribution in [0.3, 0.4) is 0 Å². The van der Waals surface area contributed by atoms with Gasteiger partial charge in [-0.2, -0.15) is 0 Å². The average Bonchev–Trinajstić information content (AvgIpc) is 2.62. The molecule has 0 aliphatic heterocycles. The third kappa shape index (κ3) is 3.88. The topological polar surface area (TPSA) is 64.0 Å². The van der Waals surface area contributed by atoms with E-state index < -0.39 is 0 Å². The molecule has 1 heterocycles. The van der Waals surface area contributed by atoms with Gasteiger partial charge >= 0.3 is 0 Å². The zero-order valence-electron chi connectivity index (χ0n) is 13.8. The molecule has 0 aliphatic carbocycles. The van der Waals surface area contributed by atoms with Gasteiger partial charge in [-0.15, -0.1) is 0 Å². The SMILES string of the molecule is CCC(NC(=O)Cn1c(=O)cnc2ccccc21)c1cccc(Cl)c1. The van der Waals surface area contributed by atoms with Gasteiger partial charge in [-0.25, -0.2) is 4.98 Å². The number of aromatic nitrogens is 2. The molecule has 0 saturated carbocycles. The van der Waals surface area contributed by atoms with Gasteiger partial charge in [0.1, 0.15) is 6.54 Å². The zero-order chi connectivity index (χ0) is 17.8. The van der Waals surface area contributed by atoms with E-state index in [0.29, 0.717) is 16.1 Å². The Morgan fingerprint density at radius 1 is 1.24 bits per heavy atom. The number of nitrogens with one attached hydrogen (secondary N) is 1. The maximum atomic E-state index is 12.5. The van der Waals surface area contributed by atoms with Crippen LogP contribution in [0.25, 0.3) is 11.0 Å². The lowest BCUT2D eigenvalue weighted by molar-refractivity contribution is -0.122. The summed E-state index contributed by atoms with van der Waals surface area (Å²) in [6.07, 6.45) is 1.96. The van der Waals surface area contributed by atoms with Crippen LogP contribution in [0.5, 0.6) is 0 Å². The Morgan fingerprint density at radius 3 is 2.80 bits per heavy atom. The summed E-state index contributed by atoms with van der Waals surface area (Å²) in [4.78, 5) is 28.8. The van der Waals surface area contributed by atoms with Crippen molar-refractivity contribution in [2.24, 2.45) is 0 Å². The van der Waals surface area contributed by atoms with E-state index in [1.807, 2.05) is 43.3 Å². The molecule has 6 heteroatoms. The highest BCUT2D eigenvalue weighted by Crippen LogP contribution is 2.20. The highest BCUT2D eigenvalue weighted by atomic mass is 35.5. The molecule has 0 fully saturated rings. The molecule has 0 bridgehead atoms. The largest absolute Gasteiger partial charge is 0.348 e. The van der Waals surface area contributed by atoms with Gasteiger partial charge in [0.15, 0.2) is 0 Å². The molecular weight excluding hydrogens is 338 g/mol. The third-order valence-electron chi connectivity index (χ3n) is 4.05. The molecule has 0 spiro atoms. The number of carbonyl (C=O) groups excluding carboxylic acids is 1. The summed E-state index contributed by atoms with van der Waals surface area (Å²) in [5.41, 5.74) is 1.96. The van der Waals surface area contributed by atoms with Gasteiger partial charge in [0.05, 0.1) is 23.3 Å². The van der Waals surface area contributed by atoms with Crippen molar-refractivity contribution in [2.45, 2.75) is 25.9 Å². The van der Waals surface area contributed by atoms with Crippen LogP contribution in [-0.2, 0) is 11.3 Å². The van der Waals surface area contributed by atoms with Crippen molar-refractivity contribution >= 4 is 28.5 Å². The Morgan fingerprint density at radius 2 is 2.04 bits per heavy atom. The fraction of sp³-hybridized carbons (Fsp3) is 0.211. The van der Waals surface area contributed by atoms with Crippen molar-refractivity contribution in [1.29, 1.82) is 0 Å². The van der Waals surface area contributed by atoms with Crippen molar-refractivity contribution in [3.63, 3.8) is 0 Å². The first kappa shape index (κ1) is 17.2. The lowest BCUT2D eigenvalue weighted by atomic mass is 10.0. The van der Waals surface area contributed by atoms with Gasteiger partial charge in [0, 0.05) is 5.02 Å². The van der Waals surface area contributed by atoms with E-state index in [4.69, 9.17) is 11.6 Å². The first-order valence-corrected chi connectivity index (χ1v) is 8.45. The quantitative estimate of drug-likeness (QED) is 0.763. The average molecular weight is 356 g/mol. The van der Waals surface area contributed by atoms with Crippen LogP contribution in [0, 0.1) is 0 Å². The first-order valence-electron chi connectivity index (χ1n) is 8.08. The molecule has 3 aromatic rings. The summed E-state index contributed by atoms with van der Waals surface area (Å²) in [6.45, 7) is 1.93. The van der Waals surface area contributed by atoms with Crippen LogP contribution in [0.15, 0.2) is 59.5 Å². The van der Waals surface area contributed by atoms with Crippen molar-refractivity contribution in [1.82, 2.24) is 14.9 Å². The van der Waals surface area contributed by atoms with E-state index in [1.165, 1.54) is 10.8 Å². The lowest BCUT2D eigenvalue weighted by Gasteiger charge is -2.18. The van der Waals surface area contributed by atoms with E-state index in [1.54, 1.807) is 12.1 Å². The van der Waals surface area contributed by atoms with Gasteiger partial charge in [-0.3, -0.25) is 14.2 Å². The van der Waals surface area contributed by atoms with Crippen molar-refractivity contribution < 1.29 is 4.79 Å². The number of halogens is 1. The lowest BCUT2D eigenvalue weighted by Crippen LogP contribution is -2.34. The second kappa shape index (κ2) is 7.49. The second-order valence-electron chi connectivity index (χ2n) is 5.75. The molecule has 3 rings (SSSR count). The number of fused-ring (bicyclic) bond motifs is 1. The number of para-hydroxylation sites is 2. The summed E-state index contributed by atoms with van der Waals surface area (Å²) in [7, 11) is 0. The van der Waals surface area contributed by atoms with E-state index in [2.05, 4.69) is 10.3 Å². The Hall–Kier alpha value is -2.66. The van der Waals surface area contributed by atoms with Gasteiger partial charge in [0.25, 0.3) is 5.56 Å². The predicted molar refractivity (Wildman–Crippen MR) is 98.6 cm³/mol. The van der Waals surface area contributed by atoms with Gasteiger partial charge in [-0.05, 0) is 36.2 Å². The van der Waals surface area contributed by atoms with Gasteiger partial charge in [0.2, 0.25) is 5.91 Å². The Balaban J connectivity index is 1.83. The summed E-state index contributed by atoms with van der Waals surface area (Å²) < 4.78 is 1.43. The van der Waals surface area contributed by atoms with Crippen LogP contribution in [-0.4, -0.2) is 15.5 Å². The normalized spacial score (nSPS) is 12.1. The number of amides is 1. The van der Waals surface area contributed by atoms with Crippen LogP contribution < -0.4 is 10.9 Å². The Labute approximate surface area is 150 Å². The number of hydrogen-bond acceptors (Lipinski definition) is 3. The van der Waals surface area contributed by atoms with Crippen molar-refractivity contribution in [3.05, 3.63) is 75.7 Å². The summed E-state index contributed by atoms with van der Waals surface area (Å²) in [5.74, 6) is -0.231. The molecule has 1 amide bonds. The predicted octanol–water partition coefficient (Wildman–Crippen LogP) is 3.32. The summed E-state index contributed by atoms with van der Waals surface area (Å²) in [6, 6.07) is 14.5. The van der Waals surface area contributed by atoms with Crippen molar-refractivity contribution in [2.75, 3.05) is 0 Å². The van der Waals surface area contributed by atoms with E-state index >= 15 is 0 Å². The molecule has 1 unspecified atom stereocenters. The second-order valence-corrected chi connectivity index (χ2v) is 6.19. The van der Waals surface area contributed by atoms with E-state index in [9.17, 15) is 9.59 Å². The fourth-order valence-electron chi connectivity index (χ4n) is 2.81. The molecule has 1 aromatic heterocycles. The standard InChI is InChI=1S/C19H18ClN3O2/c1-2-15(13-6-5-7-14(20)10-13)22-18(24)12-23-17-9-4-3-8-16(17)21-11-19(23)25/h3-11,15H,2,12H2,1H3,(H,22,24). The Bertz CT molecular complexity index is 968.